The molecule has 1 heterocycles. The minimum absolute atomic E-state index is 0.824. The van der Waals surface area contributed by atoms with Crippen molar-refractivity contribution >= 4 is 23.0 Å². The van der Waals surface area contributed by atoms with Gasteiger partial charge in [-0.05, 0) is 37.2 Å². The van der Waals surface area contributed by atoms with Gasteiger partial charge in [0.15, 0.2) is 5.11 Å². The Kier molecular flexibility index (Phi) is 4.81. The number of thiocarbonyl (C=S) groups is 1. The van der Waals surface area contributed by atoms with E-state index < -0.39 is 0 Å². The molecule has 2 rings (SSSR count). The van der Waals surface area contributed by atoms with Crippen molar-refractivity contribution in [3.05, 3.63) is 24.3 Å². The molecule has 1 fully saturated rings. The second kappa shape index (κ2) is 6.59. The lowest BCUT2D eigenvalue weighted by atomic mass is 10.2. The SMILES string of the molecule is COc1cccc(NC(=S)N2CCCCCC2)c1. The maximum Gasteiger partial charge on any atom is 0.173 e. The number of nitrogens with zero attached hydrogens (tertiary/aromatic N) is 1. The minimum atomic E-state index is 0.824. The predicted octanol–water partition coefficient (Wildman–Crippen LogP) is 3.27. The Morgan fingerprint density at radius 1 is 1.22 bits per heavy atom. The highest BCUT2D eigenvalue weighted by atomic mass is 32.1. The number of benzene rings is 1. The number of rotatable bonds is 2. The van der Waals surface area contributed by atoms with E-state index in [9.17, 15) is 0 Å². The van der Waals surface area contributed by atoms with Crippen molar-refractivity contribution in [2.24, 2.45) is 0 Å². The van der Waals surface area contributed by atoms with Crippen LogP contribution in [0.15, 0.2) is 24.3 Å². The van der Waals surface area contributed by atoms with E-state index in [0.29, 0.717) is 0 Å². The van der Waals surface area contributed by atoms with Crippen LogP contribution in [0.4, 0.5) is 5.69 Å². The highest BCUT2D eigenvalue weighted by molar-refractivity contribution is 7.80. The molecule has 0 unspecified atom stereocenters. The molecule has 1 aliphatic rings. The van der Waals surface area contributed by atoms with Crippen LogP contribution in [0.1, 0.15) is 25.7 Å². The summed E-state index contributed by atoms with van der Waals surface area (Å²) in [6.45, 7) is 2.13. The van der Waals surface area contributed by atoms with E-state index in [1.54, 1.807) is 7.11 Å². The second-order valence-corrected chi connectivity index (χ2v) is 4.95. The lowest BCUT2D eigenvalue weighted by Crippen LogP contribution is -2.35. The molecule has 0 atom stereocenters. The van der Waals surface area contributed by atoms with Crippen LogP contribution in [0.25, 0.3) is 0 Å². The first-order chi connectivity index (χ1) is 8.79. The first-order valence-corrected chi connectivity index (χ1v) is 6.90. The van der Waals surface area contributed by atoms with Gasteiger partial charge in [0.1, 0.15) is 5.75 Å². The summed E-state index contributed by atoms with van der Waals surface area (Å²) < 4.78 is 5.21. The Bertz CT molecular complexity index is 401. The molecule has 0 radical (unpaired) electrons. The molecule has 1 saturated heterocycles. The zero-order valence-electron chi connectivity index (χ0n) is 10.8. The molecule has 1 aromatic carbocycles. The number of likely N-dealkylation sites (tertiary alicyclic amines) is 1. The fourth-order valence-corrected chi connectivity index (χ4v) is 2.48. The molecular formula is C14H20N2OS. The quantitative estimate of drug-likeness (QED) is 0.829. The standard InChI is InChI=1S/C14H20N2OS/c1-17-13-8-6-7-12(11-13)15-14(18)16-9-4-2-3-5-10-16/h6-8,11H,2-5,9-10H2,1H3,(H,15,18). The van der Waals surface area contributed by atoms with Crippen LogP contribution in [0.2, 0.25) is 0 Å². The fourth-order valence-electron chi connectivity index (χ4n) is 2.18. The Morgan fingerprint density at radius 3 is 2.61 bits per heavy atom. The highest BCUT2D eigenvalue weighted by Gasteiger charge is 2.12. The van der Waals surface area contributed by atoms with Crippen LogP contribution in [0, 0.1) is 0 Å². The molecule has 0 aliphatic carbocycles. The third-order valence-electron chi connectivity index (χ3n) is 3.21. The molecule has 1 N–H and O–H groups in total. The molecule has 0 amide bonds. The topological polar surface area (TPSA) is 24.5 Å². The summed E-state index contributed by atoms with van der Waals surface area (Å²) in [6, 6.07) is 7.86. The molecular weight excluding hydrogens is 244 g/mol. The Hall–Kier alpha value is -1.29. The molecule has 0 bridgehead atoms. The van der Waals surface area contributed by atoms with Crippen molar-refractivity contribution in [1.82, 2.24) is 4.90 Å². The Balaban J connectivity index is 1.96. The molecule has 4 heteroatoms. The van der Waals surface area contributed by atoms with Gasteiger partial charge in [-0.2, -0.15) is 0 Å². The molecule has 0 spiro atoms. The number of ether oxygens (including phenoxy) is 1. The Morgan fingerprint density at radius 2 is 1.94 bits per heavy atom. The van der Waals surface area contributed by atoms with E-state index in [2.05, 4.69) is 10.2 Å². The van der Waals surface area contributed by atoms with Crippen LogP contribution in [-0.2, 0) is 0 Å². The predicted molar refractivity (Wildman–Crippen MR) is 79.3 cm³/mol. The first kappa shape index (κ1) is 13.1. The van der Waals surface area contributed by atoms with E-state index in [-0.39, 0.29) is 0 Å². The molecule has 0 aromatic heterocycles. The van der Waals surface area contributed by atoms with Crippen molar-refractivity contribution in [2.75, 3.05) is 25.5 Å². The van der Waals surface area contributed by atoms with Crippen molar-refractivity contribution < 1.29 is 4.74 Å². The number of anilines is 1. The van der Waals surface area contributed by atoms with Gasteiger partial charge in [-0.15, -0.1) is 0 Å². The van der Waals surface area contributed by atoms with Gasteiger partial charge < -0.3 is 15.0 Å². The normalized spacial score (nSPS) is 15.9. The van der Waals surface area contributed by atoms with Gasteiger partial charge in [-0.3, -0.25) is 0 Å². The van der Waals surface area contributed by atoms with Crippen LogP contribution in [-0.4, -0.2) is 30.2 Å². The molecule has 0 saturated carbocycles. The summed E-state index contributed by atoms with van der Waals surface area (Å²) in [5, 5.41) is 4.12. The van der Waals surface area contributed by atoms with Gasteiger partial charge in [-0.1, -0.05) is 18.9 Å². The molecule has 18 heavy (non-hydrogen) atoms. The van der Waals surface area contributed by atoms with Crippen LogP contribution >= 0.6 is 12.2 Å². The zero-order valence-corrected chi connectivity index (χ0v) is 11.6. The lowest BCUT2D eigenvalue weighted by Gasteiger charge is -2.24. The van der Waals surface area contributed by atoms with Gasteiger partial charge >= 0.3 is 0 Å². The van der Waals surface area contributed by atoms with E-state index in [1.165, 1.54) is 25.7 Å². The average molecular weight is 264 g/mol. The van der Waals surface area contributed by atoms with Gasteiger partial charge in [0.25, 0.3) is 0 Å². The second-order valence-electron chi connectivity index (χ2n) is 4.56. The van der Waals surface area contributed by atoms with Crippen LogP contribution in [0.3, 0.4) is 0 Å². The maximum atomic E-state index is 5.47. The molecule has 98 valence electrons. The van der Waals surface area contributed by atoms with Crippen molar-refractivity contribution in [3.63, 3.8) is 0 Å². The summed E-state index contributed by atoms with van der Waals surface area (Å²) in [7, 11) is 1.67. The Labute approximate surface area is 114 Å². The summed E-state index contributed by atoms with van der Waals surface area (Å²) >= 11 is 5.47. The fraction of sp³-hybridized carbons (Fsp3) is 0.500. The third kappa shape index (κ3) is 3.60. The monoisotopic (exact) mass is 264 g/mol. The number of hydrogen-bond donors (Lipinski definition) is 1. The number of nitrogens with one attached hydrogen (secondary N) is 1. The van der Waals surface area contributed by atoms with E-state index in [0.717, 1.165) is 29.6 Å². The van der Waals surface area contributed by atoms with Crippen LogP contribution < -0.4 is 10.1 Å². The smallest absolute Gasteiger partial charge is 0.173 e. The largest absolute Gasteiger partial charge is 0.497 e. The van der Waals surface area contributed by atoms with Gasteiger partial charge in [0.05, 0.1) is 7.11 Å². The van der Waals surface area contributed by atoms with Crippen molar-refractivity contribution in [3.8, 4) is 5.75 Å². The van der Waals surface area contributed by atoms with Crippen molar-refractivity contribution in [2.45, 2.75) is 25.7 Å². The molecule has 3 nitrogen and oxygen atoms in total. The molecule has 1 aromatic rings. The summed E-state index contributed by atoms with van der Waals surface area (Å²) in [5.74, 6) is 0.846. The van der Waals surface area contributed by atoms with Crippen LogP contribution in [0.5, 0.6) is 5.75 Å². The minimum Gasteiger partial charge on any atom is -0.497 e. The maximum absolute atomic E-state index is 5.47. The number of methoxy groups -OCH3 is 1. The summed E-state index contributed by atoms with van der Waals surface area (Å²) in [4.78, 5) is 2.27. The zero-order chi connectivity index (χ0) is 12.8. The van der Waals surface area contributed by atoms with Gasteiger partial charge in [0.2, 0.25) is 0 Å². The van der Waals surface area contributed by atoms with E-state index >= 15 is 0 Å². The van der Waals surface area contributed by atoms with Crippen molar-refractivity contribution in [1.29, 1.82) is 0 Å². The lowest BCUT2D eigenvalue weighted by molar-refractivity contribution is 0.415. The summed E-state index contributed by atoms with van der Waals surface area (Å²) in [5.41, 5.74) is 0.989. The van der Waals surface area contributed by atoms with Gasteiger partial charge in [0, 0.05) is 24.8 Å². The third-order valence-corrected chi connectivity index (χ3v) is 3.57. The first-order valence-electron chi connectivity index (χ1n) is 6.49. The molecule has 1 aliphatic heterocycles. The number of hydrogen-bond acceptors (Lipinski definition) is 2. The highest BCUT2D eigenvalue weighted by Crippen LogP contribution is 2.18. The van der Waals surface area contributed by atoms with E-state index in [1.807, 2.05) is 24.3 Å². The van der Waals surface area contributed by atoms with E-state index in [4.69, 9.17) is 17.0 Å². The average Bonchev–Trinajstić information content (AvgIpc) is 2.68. The van der Waals surface area contributed by atoms with Gasteiger partial charge in [-0.25, -0.2) is 0 Å². The summed E-state index contributed by atoms with van der Waals surface area (Å²) in [6.07, 6.45) is 5.11.